The standard InChI is InChI=1S/C15H13N5/c16-19-17-10-13-11-20(14-8-2-1-3-9-14)18-15(13)12-6-4-5-7-12/h1-9,11,18H,10H2. The molecular formula is C15H13N5. The molecule has 98 valence electrons. The highest BCUT2D eigenvalue weighted by molar-refractivity contribution is 5.59. The second kappa shape index (κ2) is 5.38. The molecule has 0 spiro atoms. The number of hydrogen-bond acceptors (Lipinski definition) is 3. The molecule has 0 saturated heterocycles. The summed E-state index contributed by atoms with van der Waals surface area (Å²) >= 11 is 0. The largest absolute Gasteiger partial charge is 0.293 e. The van der Waals surface area contributed by atoms with Crippen LogP contribution in [0.5, 0.6) is 0 Å². The molecule has 0 fully saturated rings. The van der Waals surface area contributed by atoms with Gasteiger partial charge >= 0.3 is 0 Å². The Hall–Kier alpha value is -2.91. The van der Waals surface area contributed by atoms with Crippen LogP contribution in [0.2, 0.25) is 0 Å². The smallest absolute Gasteiger partial charge is 0.0666 e. The van der Waals surface area contributed by atoms with Crippen molar-refractivity contribution in [3.8, 4) is 0 Å². The summed E-state index contributed by atoms with van der Waals surface area (Å²) in [4.78, 5) is 2.84. The topological polar surface area (TPSA) is 64.0 Å². The van der Waals surface area contributed by atoms with Crippen LogP contribution in [0.3, 0.4) is 0 Å². The van der Waals surface area contributed by atoms with Crippen molar-refractivity contribution in [1.82, 2.24) is 5.43 Å². The third-order valence-corrected chi connectivity index (χ3v) is 3.13. The van der Waals surface area contributed by atoms with Crippen LogP contribution < -0.4 is 10.4 Å². The van der Waals surface area contributed by atoms with Gasteiger partial charge in [0.2, 0.25) is 0 Å². The third-order valence-electron chi connectivity index (χ3n) is 3.13. The highest BCUT2D eigenvalue weighted by Crippen LogP contribution is 2.27. The molecule has 0 saturated carbocycles. The molecule has 1 aliphatic carbocycles. The molecule has 2 aliphatic rings. The number of nitrogens with one attached hydrogen (secondary N) is 1. The van der Waals surface area contributed by atoms with Crippen molar-refractivity contribution in [2.45, 2.75) is 0 Å². The molecule has 1 heterocycles. The third kappa shape index (κ3) is 2.30. The first kappa shape index (κ1) is 12.1. The molecule has 1 N–H and O–H groups in total. The Balaban J connectivity index is 1.96. The van der Waals surface area contributed by atoms with Gasteiger partial charge in [-0.05, 0) is 23.2 Å². The Morgan fingerprint density at radius 1 is 1.15 bits per heavy atom. The van der Waals surface area contributed by atoms with Crippen molar-refractivity contribution in [2.24, 2.45) is 5.11 Å². The summed E-state index contributed by atoms with van der Waals surface area (Å²) < 4.78 is 0. The Morgan fingerprint density at radius 3 is 2.60 bits per heavy atom. The molecule has 0 amide bonds. The minimum atomic E-state index is 0.327. The minimum absolute atomic E-state index is 0.327. The van der Waals surface area contributed by atoms with Crippen LogP contribution in [-0.2, 0) is 0 Å². The molecule has 1 aromatic rings. The van der Waals surface area contributed by atoms with E-state index in [1.54, 1.807) is 0 Å². The van der Waals surface area contributed by atoms with Crippen LogP contribution in [0.4, 0.5) is 5.69 Å². The molecule has 5 heteroatoms. The van der Waals surface area contributed by atoms with E-state index in [0.29, 0.717) is 6.54 Å². The summed E-state index contributed by atoms with van der Waals surface area (Å²) in [5.74, 6) is 0. The Labute approximate surface area is 116 Å². The molecular weight excluding hydrogens is 250 g/mol. The quantitative estimate of drug-likeness (QED) is 0.514. The minimum Gasteiger partial charge on any atom is -0.293 e. The van der Waals surface area contributed by atoms with Gasteiger partial charge in [-0.1, -0.05) is 47.6 Å². The van der Waals surface area contributed by atoms with E-state index in [1.807, 2.05) is 65.8 Å². The predicted octanol–water partition coefficient (Wildman–Crippen LogP) is 3.59. The average molecular weight is 263 g/mol. The summed E-state index contributed by atoms with van der Waals surface area (Å²) in [5, 5.41) is 5.60. The van der Waals surface area contributed by atoms with Crippen molar-refractivity contribution in [3.05, 3.63) is 88.1 Å². The van der Waals surface area contributed by atoms with Crippen molar-refractivity contribution < 1.29 is 0 Å². The molecule has 20 heavy (non-hydrogen) atoms. The maximum Gasteiger partial charge on any atom is 0.0666 e. The van der Waals surface area contributed by atoms with Gasteiger partial charge < -0.3 is 0 Å². The fourth-order valence-electron chi connectivity index (χ4n) is 2.19. The Kier molecular flexibility index (Phi) is 3.27. The summed E-state index contributed by atoms with van der Waals surface area (Å²) in [6.07, 6.45) is 9.99. The van der Waals surface area contributed by atoms with E-state index >= 15 is 0 Å². The van der Waals surface area contributed by atoms with Crippen molar-refractivity contribution >= 4 is 5.69 Å². The zero-order chi connectivity index (χ0) is 13.8. The number of hydrazine groups is 1. The first-order valence-corrected chi connectivity index (χ1v) is 6.30. The fraction of sp³-hybridized carbons (Fsp3) is 0.0667. The lowest BCUT2D eigenvalue weighted by molar-refractivity contribution is 0.871. The molecule has 3 rings (SSSR count). The van der Waals surface area contributed by atoms with Crippen LogP contribution in [0.15, 0.2) is 82.8 Å². The van der Waals surface area contributed by atoms with E-state index in [4.69, 9.17) is 5.53 Å². The van der Waals surface area contributed by atoms with E-state index in [9.17, 15) is 0 Å². The SMILES string of the molecule is [N-]=[N+]=NCC1=CN(c2ccccc2)NC1=C1C=CC=C1. The predicted molar refractivity (Wildman–Crippen MR) is 79.5 cm³/mol. The normalized spacial score (nSPS) is 16.2. The molecule has 0 bridgehead atoms. The molecule has 0 radical (unpaired) electrons. The lowest BCUT2D eigenvalue weighted by atomic mass is 10.1. The van der Waals surface area contributed by atoms with Crippen LogP contribution >= 0.6 is 0 Å². The maximum atomic E-state index is 8.51. The van der Waals surface area contributed by atoms with Gasteiger partial charge in [0.15, 0.2) is 0 Å². The number of allylic oxidation sites excluding steroid dienone is 5. The van der Waals surface area contributed by atoms with Gasteiger partial charge in [-0.3, -0.25) is 10.4 Å². The highest BCUT2D eigenvalue weighted by Gasteiger charge is 2.20. The number of nitrogens with zero attached hydrogens (tertiary/aromatic N) is 4. The van der Waals surface area contributed by atoms with Gasteiger partial charge in [0, 0.05) is 16.7 Å². The number of para-hydroxylation sites is 1. The monoisotopic (exact) mass is 263 g/mol. The average Bonchev–Trinajstić information content (AvgIpc) is 3.15. The van der Waals surface area contributed by atoms with E-state index in [-0.39, 0.29) is 0 Å². The van der Waals surface area contributed by atoms with E-state index < -0.39 is 0 Å². The fourth-order valence-corrected chi connectivity index (χ4v) is 2.19. The molecule has 5 nitrogen and oxygen atoms in total. The molecule has 1 aliphatic heterocycles. The first-order chi connectivity index (χ1) is 9.88. The highest BCUT2D eigenvalue weighted by atomic mass is 15.5. The van der Waals surface area contributed by atoms with Crippen molar-refractivity contribution in [3.63, 3.8) is 0 Å². The van der Waals surface area contributed by atoms with Crippen LogP contribution in [0.25, 0.3) is 10.4 Å². The summed E-state index contributed by atoms with van der Waals surface area (Å²) in [6.45, 7) is 0.327. The molecule has 0 atom stereocenters. The number of azide groups is 1. The lowest BCUT2D eigenvalue weighted by Gasteiger charge is -2.17. The van der Waals surface area contributed by atoms with Crippen LogP contribution in [-0.4, -0.2) is 6.54 Å². The van der Waals surface area contributed by atoms with Gasteiger partial charge in [-0.2, -0.15) is 0 Å². The van der Waals surface area contributed by atoms with E-state index in [1.165, 1.54) is 0 Å². The maximum absolute atomic E-state index is 8.51. The zero-order valence-corrected chi connectivity index (χ0v) is 10.8. The second-order valence-electron chi connectivity index (χ2n) is 4.41. The number of benzene rings is 1. The lowest BCUT2D eigenvalue weighted by Crippen LogP contribution is -2.27. The summed E-state index contributed by atoms with van der Waals surface area (Å²) in [5.41, 5.74) is 15.9. The molecule has 1 aromatic carbocycles. The summed E-state index contributed by atoms with van der Waals surface area (Å²) in [6, 6.07) is 9.98. The van der Waals surface area contributed by atoms with Gasteiger partial charge in [-0.15, -0.1) is 0 Å². The van der Waals surface area contributed by atoms with Crippen LogP contribution in [0.1, 0.15) is 0 Å². The Morgan fingerprint density at radius 2 is 1.90 bits per heavy atom. The molecule has 0 unspecified atom stereocenters. The number of anilines is 1. The second-order valence-corrected chi connectivity index (χ2v) is 4.41. The van der Waals surface area contributed by atoms with Crippen LogP contribution in [0, 0.1) is 0 Å². The van der Waals surface area contributed by atoms with Crippen molar-refractivity contribution in [1.29, 1.82) is 0 Å². The van der Waals surface area contributed by atoms with Gasteiger partial charge in [0.25, 0.3) is 0 Å². The van der Waals surface area contributed by atoms with Crippen molar-refractivity contribution in [2.75, 3.05) is 11.6 Å². The number of hydrogen-bond donors (Lipinski definition) is 1. The van der Waals surface area contributed by atoms with E-state index in [0.717, 1.165) is 22.5 Å². The first-order valence-electron chi connectivity index (χ1n) is 6.30. The van der Waals surface area contributed by atoms with Gasteiger partial charge in [0.1, 0.15) is 0 Å². The van der Waals surface area contributed by atoms with Gasteiger partial charge in [-0.25, -0.2) is 0 Å². The zero-order valence-electron chi connectivity index (χ0n) is 10.8. The molecule has 0 aromatic heterocycles. The summed E-state index contributed by atoms with van der Waals surface area (Å²) in [7, 11) is 0. The number of rotatable bonds is 3. The Bertz CT molecular complexity index is 661. The van der Waals surface area contributed by atoms with E-state index in [2.05, 4.69) is 15.5 Å². The van der Waals surface area contributed by atoms with Gasteiger partial charge in [0.05, 0.1) is 17.9 Å².